The number of carbonyl (C=O) groups excluding carboxylic acids is 2. The highest BCUT2D eigenvalue weighted by molar-refractivity contribution is 9.10. The molecule has 3 aromatic rings. The Labute approximate surface area is 164 Å². The van der Waals surface area contributed by atoms with Crippen LogP contribution >= 0.6 is 15.9 Å². The minimum atomic E-state index is -0.550. The van der Waals surface area contributed by atoms with Crippen LogP contribution in [0.3, 0.4) is 0 Å². The number of amides is 2. The summed E-state index contributed by atoms with van der Waals surface area (Å²) in [7, 11) is 0. The average Bonchev–Trinajstić information content (AvgIpc) is 3.30. The fraction of sp³-hybridized carbons (Fsp3) is 0.263. The summed E-state index contributed by atoms with van der Waals surface area (Å²) in [5.41, 5.74) is 5.25. The Morgan fingerprint density at radius 2 is 1.67 bits per heavy atom. The lowest BCUT2D eigenvalue weighted by molar-refractivity contribution is 0.0816. The number of carbonyl (C=O) groups is 2. The number of halogens is 1. The molecule has 0 aliphatic rings. The lowest BCUT2D eigenvalue weighted by atomic mass is 10.2. The average molecular weight is 434 g/mol. The summed E-state index contributed by atoms with van der Waals surface area (Å²) in [4.78, 5) is 26.5. The molecule has 0 radical (unpaired) electrons. The Morgan fingerprint density at radius 1 is 0.963 bits per heavy atom. The van der Waals surface area contributed by atoms with Crippen molar-refractivity contribution in [1.29, 1.82) is 0 Å². The van der Waals surface area contributed by atoms with E-state index < -0.39 is 11.8 Å². The molecule has 27 heavy (non-hydrogen) atoms. The SMILES string of the molecule is CCN(CC)Cc1ccc(C(=O)NNC(=O)c2cc3cc(Br)ccc3o2)o1. The molecule has 0 aliphatic heterocycles. The molecule has 2 heterocycles. The molecule has 0 saturated heterocycles. The third-order valence-electron chi connectivity index (χ3n) is 4.15. The molecule has 8 heteroatoms. The number of hydrogen-bond donors (Lipinski definition) is 2. The van der Waals surface area contributed by atoms with E-state index in [0.29, 0.717) is 17.9 Å². The second-order valence-electron chi connectivity index (χ2n) is 5.93. The molecular weight excluding hydrogens is 414 g/mol. The highest BCUT2D eigenvalue weighted by Crippen LogP contribution is 2.23. The monoisotopic (exact) mass is 433 g/mol. The molecule has 0 saturated carbocycles. The van der Waals surface area contributed by atoms with E-state index in [2.05, 4.69) is 45.5 Å². The second-order valence-corrected chi connectivity index (χ2v) is 6.84. The molecule has 0 fully saturated rings. The Kier molecular flexibility index (Phi) is 5.98. The largest absolute Gasteiger partial charge is 0.454 e. The number of fused-ring (bicyclic) bond motifs is 1. The fourth-order valence-electron chi connectivity index (χ4n) is 2.62. The van der Waals surface area contributed by atoms with Gasteiger partial charge in [-0.3, -0.25) is 25.3 Å². The zero-order valence-corrected chi connectivity index (χ0v) is 16.6. The number of hydrogen-bond acceptors (Lipinski definition) is 5. The first-order valence-corrected chi connectivity index (χ1v) is 9.40. The van der Waals surface area contributed by atoms with Crippen LogP contribution in [0.5, 0.6) is 0 Å². The van der Waals surface area contributed by atoms with Gasteiger partial charge in [-0.15, -0.1) is 0 Å². The van der Waals surface area contributed by atoms with Gasteiger partial charge in [0, 0.05) is 9.86 Å². The summed E-state index contributed by atoms with van der Waals surface area (Å²) in [5, 5.41) is 0.785. The van der Waals surface area contributed by atoms with Gasteiger partial charge in [-0.2, -0.15) is 0 Å². The summed E-state index contributed by atoms with van der Waals surface area (Å²) in [6, 6.07) is 10.4. The number of rotatable bonds is 6. The molecule has 0 bridgehead atoms. The van der Waals surface area contributed by atoms with Crippen LogP contribution in [0.4, 0.5) is 0 Å². The third-order valence-corrected chi connectivity index (χ3v) is 4.64. The summed E-state index contributed by atoms with van der Waals surface area (Å²) < 4.78 is 11.9. The Bertz CT molecular complexity index is 959. The van der Waals surface area contributed by atoms with E-state index in [1.807, 2.05) is 12.1 Å². The molecule has 2 aromatic heterocycles. The summed E-state index contributed by atoms with van der Waals surface area (Å²) in [6.45, 7) is 6.53. The molecular formula is C19H20BrN3O4. The Hall–Kier alpha value is -2.58. The van der Waals surface area contributed by atoms with Crippen LogP contribution in [0.2, 0.25) is 0 Å². The lowest BCUT2D eigenvalue weighted by Crippen LogP contribution is -2.41. The highest BCUT2D eigenvalue weighted by Gasteiger charge is 2.16. The highest BCUT2D eigenvalue weighted by atomic mass is 79.9. The molecule has 0 spiro atoms. The van der Waals surface area contributed by atoms with Gasteiger partial charge >= 0.3 is 11.8 Å². The maximum Gasteiger partial charge on any atom is 0.305 e. The van der Waals surface area contributed by atoms with Crippen LogP contribution in [0.1, 0.15) is 40.7 Å². The zero-order valence-electron chi connectivity index (χ0n) is 15.0. The number of benzene rings is 1. The quantitative estimate of drug-likeness (QED) is 0.578. The first-order valence-electron chi connectivity index (χ1n) is 8.61. The van der Waals surface area contributed by atoms with Crippen LogP contribution in [0, 0.1) is 0 Å². The van der Waals surface area contributed by atoms with Crippen LogP contribution in [-0.2, 0) is 6.54 Å². The number of hydrazine groups is 1. The van der Waals surface area contributed by atoms with E-state index in [1.165, 1.54) is 0 Å². The standard InChI is InChI=1S/C19H20BrN3O4/c1-3-23(4-2)11-14-6-8-16(26-14)18(24)21-22-19(25)17-10-12-9-13(20)5-7-15(12)27-17/h5-10H,3-4,11H2,1-2H3,(H,21,24)(H,22,25). The predicted octanol–water partition coefficient (Wildman–Crippen LogP) is 3.70. The van der Waals surface area contributed by atoms with E-state index in [1.54, 1.807) is 24.3 Å². The maximum atomic E-state index is 12.2. The first kappa shape index (κ1) is 19.2. The third kappa shape index (κ3) is 4.58. The topological polar surface area (TPSA) is 87.7 Å². The van der Waals surface area contributed by atoms with Crippen molar-refractivity contribution in [2.75, 3.05) is 13.1 Å². The Balaban J connectivity index is 1.59. The van der Waals surface area contributed by atoms with Crippen molar-refractivity contribution in [3.05, 3.63) is 58.2 Å². The van der Waals surface area contributed by atoms with E-state index in [-0.39, 0.29) is 11.5 Å². The molecule has 142 valence electrons. The zero-order chi connectivity index (χ0) is 19.4. The molecule has 3 rings (SSSR count). The minimum Gasteiger partial charge on any atom is -0.454 e. The van der Waals surface area contributed by atoms with Crippen LogP contribution in [0.15, 0.2) is 49.7 Å². The fourth-order valence-corrected chi connectivity index (χ4v) is 2.99. The number of furan rings is 2. The van der Waals surface area contributed by atoms with E-state index >= 15 is 0 Å². The van der Waals surface area contributed by atoms with Crippen LogP contribution in [0.25, 0.3) is 11.0 Å². The molecule has 2 N–H and O–H groups in total. The van der Waals surface area contributed by atoms with Crippen molar-refractivity contribution in [2.24, 2.45) is 0 Å². The van der Waals surface area contributed by atoms with Gasteiger partial charge in [0.15, 0.2) is 11.5 Å². The smallest absolute Gasteiger partial charge is 0.305 e. The van der Waals surface area contributed by atoms with Gasteiger partial charge in [0.25, 0.3) is 0 Å². The van der Waals surface area contributed by atoms with Gasteiger partial charge in [0.1, 0.15) is 11.3 Å². The van der Waals surface area contributed by atoms with Crippen molar-refractivity contribution >= 4 is 38.7 Å². The second kappa shape index (κ2) is 8.41. The molecule has 2 amide bonds. The number of nitrogens with zero attached hydrogens (tertiary/aromatic N) is 1. The van der Waals surface area contributed by atoms with Crippen molar-refractivity contribution in [3.8, 4) is 0 Å². The Morgan fingerprint density at radius 3 is 2.37 bits per heavy atom. The molecule has 0 unspecified atom stereocenters. The van der Waals surface area contributed by atoms with Crippen LogP contribution in [-0.4, -0.2) is 29.8 Å². The normalized spacial score (nSPS) is 11.1. The first-order chi connectivity index (χ1) is 13.0. The van der Waals surface area contributed by atoms with Crippen molar-refractivity contribution in [1.82, 2.24) is 15.8 Å². The van der Waals surface area contributed by atoms with Crippen LogP contribution < -0.4 is 10.9 Å². The van der Waals surface area contributed by atoms with Gasteiger partial charge < -0.3 is 8.83 Å². The molecule has 1 aromatic carbocycles. The van der Waals surface area contributed by atoms with Crippen molar-refractivity contribution in [2.45, 2.75) is 20.4 Å². The molecule has 0 atom stereocenters. The van der Waals surface area contributed by atoms with E-state index in [9.17, 15) is 9.59 Å². The predicted molar refractivity (Wildman–Crippen MR) is 104 cm³/mol. The van der Waals surface area contributed by atoms with Crippen molar-refractivity contribution in [3.63, 3.8) is 0 Å². The van der Waals surface area contributed by atoms with Crippen molar-refractivity contribution < 1.29 is 18.4 Å². The van der Waals surface area contributed by atoms with Gasteiger partial charge in [-0.05, 0) is 49.5 Å². The van der Waals surface area contributed by atoms with Gasteiger partial charge in [-0.1, -0.05) is 29.8 Å². The lowest BCUT2D eigenvalue weighted by Gasteiger charge is -2.15. The molecule has 0 aliphatic carbocycles. The van der Waals surface area contributed by atoms with E-state index in [0.717, 1.165) is 22.9 Å². The molecule has 7 nitrogen and oxygen atoms in total. The van der Waals surface area contributed by atoms with Gasteiger partial charge in [-0.25, -0.2) is 0 Å². The summed E-state index contributed by atoms with van der Waals surface area (Å²) in [6.07, 6.45) is 0. The summed E-state index contributed by atoms with van der Waals surface area (Å²) in [5.74, 6) is -0.160. The van der Waals surface area contributed by atoms with Gasteiger partial charge in [0.2, 0.25) is 0 Å². The van der Waals surface area contributed by atoms with Gasteiger partial charge in [0.05, 0.1) is 6.54 Å². The number of nitrogens with one attached hydrogen (secondary N) is 2. The summed E-state index contributed by atoms with van der Waals surface area (Å²) >= 11 is 3.37. The minimum absolute atomic E-state index is 0.102. The van der Waals surface area contributed by atoms with E-state index in [4.69, 9.17) is 8.83 Å². The maximum absolute atomic E-state index is 12.2.